The maximum absolute atomic E-state index is 13.4. The van der Waals surface area contributed by atoms with E-state index in [0.717, 1.165) is 5.56 Å². The molecule has 3 atom stereocenters. The molecular weight excluding hydrogens is 354 g/mol. The molecule has 0 aromatic heterocycles. The van der Waals surface area contributed by atoms with Gasteiger partial charge in [0.05, 0.1) is 12.1 Å². The van der Waals surface area contributed by atoms with E-state index in [1.165, 1.54) is 0 Å². The molecule has 3 unspecified atom stereocenters. The molecule has 28 heavy (non-hydrogen) atoms. The molecule has 156 valence electrons. The summed E-state index contributed by atoms with van der Waals surface area (Å²) in [5.41, 5.74) is 0.411. The quantitative estimate of drug-likeness (QED) is 0.720. The van der Waals surface area contributed by atoms with E-state index < -0.39 is 18.2 Å². The molecule has 3 N–H and O–H groups in total. The maximum Gasteiger partial charge on any atom is 0.243 e. The molecule has 6 nitrogen and oxygen atoms in total. The van der Waals surface area contributed by atoms with Gasteiger partial charge in [-0.2, -0.15) is 0 Å². The third-order valence-corrected chi connectivity index (χ3v) is 4.86. The fraction of sp³-hybridized carbons (Fsp3) is 0.636. The summed E-state index contributed by atoms with van der Waals surface area (Å²) >= 11 is 0. The lowest BCUT2D eigenvalue weighted by molar-refractivity contribution is -0.142. The van der Waals surface area contributed by atoms with Crippen LogP contribution in [-0.2, 0) is 16.1 Å². The number of carbonyl (C=O) groups excluding carboxylic acids is 2. The van der Waals surface area contributed by atoms with Crippen molar-refractivity contribution >= 4 is 11.8 Å². The summed E-state index contributed by atoms with van der Waals surface area (Å²) in [6, 6.07) is 8.53. The number of benzene rings is 1. The highest BCUT2D eigenvalue weighted by atomic mass is 16.3. The van der Waals surface area contributed by atoms with Crippen LogP contribution in [-0.4, -0.2) is 52.1 Å². The number of β-amino-alcohol motifs (C(OH)–C–C–N with tert-alkyl or cyclic N) is 1. The summed E-state index contributed by atoms with van der Waals surface area (Å²) in [7, 11) is 0. The second-order valence-corrected chi connectivity index (χ2v) is 9.79. The number of aliphatic hydroxyl groups excluding tert-OH is 1. The van der Waals surface area contributed by atoms with Gasteiger partial charge in [0.1, 0.15) is 6.04 Å². The molecule has 0 bridgehead atoms. The molecule has 1 aliphatic rings. The highest BCUT2D eigenvalue weighted by Gasteiger charge is 2.44. The lowest BCUT2D eigenvalue weighted by Crippen LogP contribution is -2.60. The zero-order chi connectivity index (χ0) is 21.1. The summed E-state index contributed by atoms with van der Waals surface area (Å²) in [5, 5.41) is 16.5. The third-order valence-electron chi connectivity index (χ3n) is 4.86. The second kappa shape index (κ2) is 8.62. The van der Waals surface area contributed by atoms with Crippen LogP contribution in [0.15, 0.2) is 30.3 Å². The van der Waals surface area contributed by atoms with Gasteiger partial charge in [0.2, 0.25) is 11.8 Å². The highest BCUT2D eigenvalue weighted by molar-refractivity contribution is 5.91. The molecular formula is C22H35N3O3. The van der Waals surface area contributed by atoms with Gasteiger partial charge in [0, 0.05) is 25.0 Å². The van der Waals surface area contributed by atoms with Gasteiger partial charge in [-0.15, -0.1) is 0 Å². The SMILES string of the molecule is CC(C)(C)NC(C(=O)N1CC(O)CC1C(=O)NCc1ccccc1)C(C)(C)C. The van der Waals surface area contributed by atoms with Crippen LogP contribution in [0, 0.1) is 5.41 Å². The van der Waals surface area contributed by atoms with Gasteiger partial charge >= 0.3 is 0 Å². The average Bonchev–Trinajstić information content (AvgIpc) is 2.98. The van der Waals surface area contributed by atoms with Crippen LogP contribution in [0.1, 0.15) is 53.5 Å². The second-order valence-electron chi connectivity index (χ2n) is 9.79. The summed E-state index contributed by atoms with van der Waals surface area (Å²) < 4.78 is 0. The Hall–Kier alpha value is -1.92. The average molecular weight is 390 g/mol. The Bertz CT molecular complexity index is 677. The Morgan fingerprint density at radius 1 is 1.14 bits per heavy atom. The van der Waals surface area contributed by atoms with Crippen molar-refractivity contribution in [1.82, 2.24) is 15.5 Å². The molecule has 1 aliphatic heterocycles. The zero-order valence-corrected chi connectivity index (χ0v) is 18.0. The number of nitrogens with zero attached hydrogens (tertiary/aromatic N) is 1. The molecule has 0 radical (unpaired) electrons. The molecule has 1 saturated heterocycles. The Labute approximate surface area is 168 Å². The monoisotopic (exact) mass is 389 g/mol. The van der Waals surface area contributed by atoms with Crippen molar-refractivity contribution in [2.24, 2.45) is 5.41 Å². The van der Waals surface area contributed by atoms with E-state index in [0.29, 0.717) is 6.54 Å². The third kappa shape index (κ3) is 6.04. The van der Waals surface area contributed by atoms with Crippen molar-refractivity contribution in [1.29, 1.82) is 0 Å². The molecule has 6 heteroatoms. The first-order valence-electron chi connectivity index (χ1n) is 9.96. The normalized spacial score (nSPS) is 21.5. The molecule has 1 aromatic carbocycles. The van der Waals surface area contributed by atoms with Crippen LogP contribution in [0.2, 0.25) is 0 Å². The predicted octanol–water partition coefficient (Wildman–Crippen LogP) is 2.07. The summed E-state index contributed by atoms with van der Waals surface area (Å²) in [6.45, 7) is 12.6. The Morgan fingerprint density at radius 2 is 1.75 bits per heavy atom. The van der Waals surface area contributed by atoms with E-state index in [1.54, 1.807) is 4.90 Å². The zero-order valence-electron chi connectivity index (χ0n) is 18.0. The molecule has 0 saturated carbocycles. The van der Waals surface area contributed by atoms with Crippen molar-refractivity contribution in [2.45, 2.75) is 78.2 Å². The van der Waals surface area contributed by atoms with Gasteiger partial charge in [0.15, 0.2) is 0 Å². The Balaban J connectivity index is 2.14. The summed E-state index contributed by atoms with van der Waals surface area (Å²) in [6.07, 6.45) is -0.426. The number of hydrogen-bond acceptors (Lipinski definition) is 4. The van der Waals surface area contributed by atoms with Crippen LogP contribution < -0.4 is 10.6 Å². The molecule has 1 fully saturated rings. The maximum atomic E-state index is 13.4. The van der Waals surface area contributed by atoms with E-state index in [9.17, 15) is 14.7 Å². The van der Waals surface area contributed by atoms with Crippen LogP contribution in [0.3, 0.4) is 0 Å². The number of likely N-dealkylation sites (tertiary alicyclic amines) is 1. The molecule has 2 amide bonds. The van der Waals surface area contributed by atoms with E-state index in [1.807, 2.05) is 71.9 Å². The smallest absolute Gasteiger partial charge is 0.243 e. The van der Waals surface area contributed by atoms with Gasteiger partial charge in [-0.05, 0) is 31.7 Å². The minimum atomic E-state index is -0.688. The van der Waals surface area contributed by atoms with Crippen LogP contribution in [0.25, 0.3) is 0 Å². The first-order chi connectivity index (χ1) is 12.9. The highest BCUT2D eigenvalue weighted by Crippen LogP contribution is 2.27. The minimum Gasteiger partial charge on any atom is -0.391 e. The van der Waals surface area contributed by atoms with Crippen LogP contribution >= 0.6 is 0 Å². The number of carbonyl (C=O) groups is 2. The van der Waals surface area contributed by atoms with Gasteiger partial charge in [-0.1, -0.05) is 51.1 Å². The lowest BCUT2D eigenvalue weighted by Gasteiger charge is -2.39. The minimum absolute atomic E-state index is 0.140. The van der Waals surface area contributed by atoms with Crippen molar-refractivity contribution in [3.63, 3.8) is 0 Å². The van der Waals surface area contributed by atoms with Crippen molar-refractivity contribution in [3.8, 4) is 0 Å². The number of rotatable bonds is 5. The first kappa shape index (κ1) is 22.4. The van der Waals surface area contributed by atoms with Crippen molar-refractivity contribution < 1.29 is 14.7 Å². The number of amides is 2. The van der Waals surface area contributed by atoms with E-state index in [2.05, 4.69) is 10.6 Å². The van der Waals surface area contributed by atoms with Crippen molar-refractivity contribution in [2.75, 3.05) is 6.54 Å². The largest absolute Gasteiger partial charge is 0.391 e. The fourth-order valence-corrected chi connectivity index (χ4v) is 3.46. The van der Waals surface area contributed by atoms with Crippen LogP contribution in [0.4, 0.5) is 0 Å². The standard InChI is InChI=1S/C22H35N3O3/c1-21(2,3)18(24-22(4,5)6)20(28)25-14-16(26)12-17(25)19(27)23-13-15-10-8-7-9-11-15/h7-11,16-18,24,26H,12-14H2,1-6H3,(H,23,27). The van der Waals surface area contributed by atoms with Crippen LogP contribution in [0.5, 0.6) is 0 Å². The van der Waals surface area contributed by atoms with E-state index in [-0.39, 0.29) is 35.7 Å². The lowest BCUT2D eigenvalue weighted by atomic mass is 9.84. The molecule has 1 aromatic rings. The van der Waals surface area contributed by atoms with E-state index >= 15 is 0 Å². The predicted molar refractivity (Wildman–Crippen MR) is 111 cm³/mol. The number of aliphatic hydroxyl groups is 1. The van der Waals surface area contributed by atoms with Gasteiger partial charge in [-0.25, -0.2) is 0 Å². The Morgan fingerprint density at radius 3 is 2.29 bits per heavy atom. The summed E-state index contributed by atoms with van der Waals surface area (Å²) in [5.74, 6) is -0.365. The number of hydrogen-bond donors (Lipinski definition) is 3. The van der Waals surface area contributed by atoms with E-state index in [4.69, 9.17) is 0 Å². The topological polar surface area (TPSA) is 81.7 Å². The van der Waals surface area contributed by atoms with Gasteiger partial charge in [-0.3, -0.25) is 9.59 Å². The fourth-order valence-electron chi connectivity index (χ4n) is 3.46. The molecule has 0 spiro atoms. The molecule has 2 rings (SSSR count). The first-order valence-corrected chi connectivity index (χ1v) is 9.96. The number of nitrogens with one attached hydrogen (secondary N) is 2. The molecule has 1 heterocycles. The van der Waals surface area contributed by atoms with Crippen molar-refractivity contribution in [3.05, 3.63) is 35.9 Å². The Kier molecular flexibility index (Phi) is 6.88. The van der Waals surface area contributed by atoms with Gasteiger partial charge in [0.25, 0.3) is 0 Å². The molecule has 0 aliphatic carbocycles. The van der Waals surface area contributed by atoms with Gasteiger partial charge < -0.3 is 20.6 Å². The summed E-state index contributed by atoms with van der Waals surface area (Å²) in [4.78, 5) is 27.7.